The lowest BCUT2D eigenvalue weighted by Gasteiger charge is -2.40. The fourth-order valence-electron chi connectivity index (χ4n) is 4.32. The third-order valence-electron chi connectivity index (χ3n) is 6.43. The number of hydrogen-bond acceptors (Lipinski definition) is 7. The van der Waals surface area contributed by atoms with E-state index in [1.807, 2.05) is 45.0 Å². The second-order valence-corrected chi connectivity index (χ2v) is 11.6. The fraction of sp³-hybridized carbons (Fsp3) is 0.522. The second-order valence-electron chi connectivity index (χ2n) is 8.91. The number of carbonyl (C=O) groups is 1. The van der Waals surface area contributed by atoms with E-state index in [1.54, 1.807) is 0 Å². The molecule has 10 heteroatoms. The Hall–Kier alpha value is -2.40. The van der Waals surface area contributed by atoms with Gasteiger partial charge < -0.3 is 20.3 Å². The van der Waals surface area contributed by atoms with Gasteiger partial charge in [-0.2, -0.15) is 10.6 Å². The molecule has 1 fully saturated rings. The van der Waals surface area contributed by atoms with E-state index in [1.165, 1.54) is 0 Å². The first-order chi connectivity index (χ1) is 15.7. The molecule has 2 aliphatic rings. The van der Waals surface area contributed by atoms with Gasteiger partial charge in [-0.3, -0.25) is 9.11 Å². The van der Waals surface area contributed by atoms with Crippen molar-refractivity contribution in [2.24, 2.45) is 0 Å². The molecule has 2 amide bonds. The number of carbonyl (C=O) groups excluding carboxylic acids is 1. The van der Waals surface area contributed by atoms with E-state index in [9.17, 15) is 13.9 Å². The summed E-state index contributed by atoms with van der Waals surface area (Å²) in [6.07, 6.45) is 0.897. The quantitative estimate of drug-likeness (QED) is 0.506. The molecule has 180 valence electrons. The van der Waals surface area contributed by atoms with Gasteiger partial charge in [0.25, 0.3) is 0 Å². The Kier molecular flexibility index (Phi) is 6.54. The number of ether oxygens (including phenoxy) is 1. The van der Waals surface area contributed by atoms with E-state index in [-0.39, 0.29) is 17.8 Å². The van der Waals surface area contributed by atoms with Gasteiger partial charge in [-0.25, -0.2) is 14.8 Å². The lowest BCUT2D eigenvalue weighted by molar-refractivity contribution is 0.0925. The van der Waals surface area contributed by atoms with Crippen LogP contribution in [0.15, 0.2) is 24.3 Å². The molecule has 0 aliphatic carbocycles. The van der Waals surface area contributed by atoms with Crippen molar-refractivity contribution in [2.45, 2.75) is 50.7 Å². The minimum Gasteiger partial charge on any atom is -0.377 e. The number of anilines is 2. The van der Waals surface area contributed by atoms with Crippen LogP contribution in [0.3, 0.4) is 0 Å². The SMILES string of the molecule is CCNC(=O)Nc1ccc(-c2nc(N3CCOCC3CC)c3c(n2)C(C)(C)S(O)(O)C3)cc1. The maximum absolute atomic E-state index is 11.8. The van der Waals surface area contributed by atoms with Crippen LogP contribution in [0.2, 0.25) is 0 Å². The highest BCUT2D eigenvalue weighted by atomic mass is 32.3. The molecule has 2 aliphatic heterocycles. The van der Waals surface area contributed by atoms with E-state index < -0.39 is 15.3 Å². The van der Waals surface area contributed by atoms with Crippen molar-refractivity contribution in [3.05, 3.63) is 35.5 Å². The number of amides is 2. The highest BCUT2D eigenvalue weighted by Crippen LogP contribution is 2.66. The average molecular weight is 476 g/mol. The summed E-state index contributed by atoms with van der Waals surface area (Å²) in [4.78, 5) is 23.8. The number of nitrogens with zero attached hydrogens (tertiary/aromatic N) is 3. The van der Waals surface area contributed by atoms with Gasteiger partial charge >= 0.3 is 6.03 Å². The number of aromatic nitrogens is 2. The van der Waals surface area contributed by atoms with Crippen LogP contribution in [-0.4, -0.2) is 57.4 Å². The van der Waals surface area contributed by atoms with E-state index in [2.05, 4.69) is 22.5 Å². The Morgan fingerprint density at radius 3 is 2.64 bits per heavy atom. The Bertz CT molecular complexity index is 1030. The molecule has 4 N–H and O–H groups in total. The van der Waals surface area contributed by atoms with Crippen LogP contribution in [-0.2, 0) is 15.2 Å². The van der Waals surface area contributed by atoms with Gasteiger partial charge in [-0.1, -0.05) is 6.92 Å². The second kappa shape index (κ2) is 9.09. The molecule has 0 saturated carbocycles. The van der Waals surface area contributed by atoms with Crippen LogP contribution in [0, 0.1) is 0 Å². The summed E-state index contributed by atoms with van der Waals surface area (Å²) in [5.41, 5.74) is 2.97. The summed E-state index contributed by atoms with van der Waals surface area (Å²) in [5.74, 6) is 1.45. The Labute approximate surface area is 196 Å². The first kappa shape index (κ1) is 23.7. The summed E-state index contributed by atoms with van der Waals surface area (Å²) in [7, 11) is -2.91. The van der Waals surface area contributed by atoms with Crippen molar-refractivity contribution < 1.29 is 18.6 Å². The average Bonchev–Trinajstić information content (AvgIpc) is 2.97. The first-order valence-corrected chi connectivity index (χ1v) is 13.1. The van der Waals surface area contributed by atoms with E-state index >= 15 is 0 Å². The minimum atomic E-state index is -2.91. The molecule has 1 saturated heterocycles. The Balaban J connectivity index is 1.77. The third-order valence-corrected chi connectivity index (χ3v) is 8.95. The standard InChI is InChI=1S/C23H33N5O4S/c1-5-17-13-32-12-11-28(17)21-18-14-33(30,31)23(3,4)19(18)26-20(27-21)15-7-9-16(10-8-15)25-22(29)24-6-2/h7-10,17,30-31H,5-6,11-14H2,1-4H3,(H2,24,25,29). The molecule has 1 unspecified atom stereocenters. The minimum absolute atomic E-state index is 0.161. The molecule has 0 spiro atoms. The first-order valence-electron chi connectivity index (χ1n) is 11.3. The molecule has 3 heterocycles. The van der Waals surface area contributed by atoms with Gasteiger partial charge in [-0.15, -0.1) is 0 Å². The molecule has 33 heavy (non-hydrogen) atoms. The van der Waals surface area contributed by atoms with Crippen LogP contribution >= 0.6 is 10.6 Å². The summed E-state index contributed by atoms with van der Waals surface area (Å²) >= 11 is 0. The van der Waals surface area contributed by atoms with Gasteiger partial charge in [0.2, 0.25) is 0 Å². The maximum atomic E-state index is 11.8. The van der Waals surface area contributed by atoms with Gasteiger partial charge in [0.15, 0.2) is 5.82 Å². The van der Waals surface area contributed by atoms with Crippen LogP contribution in [0.5, 0.6) is 0 Å². The maximum Gasteiger partial charge on any atom is 0.319 e. The van der Waals surface area contributed by atoms with Gasteiger partial charge in [-0.05, 0) is 51.5 Å². The van der Waals surface area contributed by atoms with Gasteiger partial charge in [0.05, 0.1) is 35.4 Å². The van der Waals surface area contributed by atoms with Crippen LogP contribution < -0.4 is 15.5 Å². The zero-order chi connectivity index (χ0) is 23.8. The normalized spacial score (nSPS) is 21.9. The van der Waals surface area contributed by atoms with E-state index in [0.29, 0.717) is 43.5 Å². The Morgan fingerprint density at radius 1 is 1.24 bits per heavy atom. The molecule has 4 rings (SSSR count). The smallest absolute Gasteiger partial charge is 0.319 e. The fourth-order valence-corrected chi connectivity index (χ4v) is 5.82. The van der Waals surface area contributed by atoms with Crippen molar-refractivity contribution in [1.29, 1.82) is 0 Å². The molecular weight excluding hydrogens is 442 g/mol. The molecular formula is C23H33N5O4S. The van der Waals surface area contributed by atoms with E-state index in [0.717, 1.165) is 23.4 Å². The van der Waals surface area contributed by atoms with Crippen molar-refractivity contribution in [2.75, 3.05) is 36.5 Å². The summed E-state index contributed by atoms with van der Waals surface area (Å²) < 4.78 is 26.6. The highest BCUT2D eigenvalue weighted by molar-refractivity contribution is 8.24. The summed E-state index contributed by atoms with van der Waals surface area (Å²) in [5, 5.41) is 5.49. The molecule has 1 aromatic heterocycles. The summed E-state index contributed by atoms with van der Waals surface area (Å²) in [6, 6.07) is 7.26. The lowest BCUT2D eigenvalue weighted by atomic mass is 10.0. The zero-order valence-corrected chi connectivity index (χ0v) is 20.4. The molecule has 0 bridgehead atoms. The van der Waals surface area contributed by atoms with Crippen molar-refractivity contribution in [3.63, 3.8) is 0 Å². The van der Waals surface area contributed by atoms with Crippen LogP contribution in [0.1, 0.15) is 45.4 Å². The molecule has 9 nitrogen and oxygen atoms in total. The van der Waals surface area contributed by atoms with Crippen LogP contribution in [0.25, 0.3) is 11.4 Å². The third kappa shape index (κ3) is 4.40. The predicted octanol–water partition coefficient (Wildman–Crippen LogP) is 4.40. The number of morpholine rings is 1. The zero-order valence-electron chi connectivity index (χ0n) is 19.6. The molecule has 1 aromatic carbocycles. The van der Waals surface area contributed by atoms with Crippen molar-refractivity contribution in [1.82, 2.24) is 15.3 Å². The lowest BCUT2D eigenvalue weighted by Crippen LogP contribution is -2.46. The summed E-state index contributed by atoms with van der Waals surface area (Å²) in [6.45, 7) is 10.1. The van der Waals surface area contributed by atoms with Gasteiger partial charge in [0.1, 0.15) is 5.82 Å². The molecule has 2 aromatic rings. The topological polar surface area (TPSA) is 120 Å². The number of hydrogen-bond donors (Lipinski definition) is 4. The van der Waals surface area contributed by atoms with E-state index in [4.69, 9.17) is 14.7 Å². The van der Waals surface area contributed by atoms with Gasteiger partial charge in [0, 0.05) is 29.9 Å². The Morgan fingerprint density at radius 2 is 1.97 bits per heavy atom. The number of urea groups is 1. The number of benzene rings is 1. The van der Waals surface area contributed by atoms with Crippen molar-refractivity contribution >= 4 is 28.1 Å². The highest BCUT2D eigenvalue weighted by Gasteiger charge is 2.48. The largest absolute Gasteiger partial charge is 0.377 e. The number of nitrogens with one attached hydrogen (secondary N) is 2. The van der Waals surface area contributed by atoms with Crippen LogP contribution in [0.4, 0.5) is 16.3 Å². The molecule has 0 radical (unpaired) electrons. The predicted molar refractivity (Wildman–Crippen MR) is 132 cm³/mol. The molecule has 1 atom stereocenters. The number of rotatable bonds is 5. The monoisotopic (exact) mass is 475 g/mol. The van der Waals surface area contributed by atoms with Crippen molar-refractivity contribution in [3.8, 4) is 11.4 Å². The number of fused-ring (bicyclic) bond motifs is 1.